The summed E-state index contributed by atoms with van der Waals surface area (Å²) in [4.78, 5) is 13.3. The van der Waals surface area contributed by atoms with E-state index in [1.807, 2.05) is 29.1 Å². The summed E-state index contributed by atoms with van der Waals surface area (Å²) in [6, 6.07) is 8.09. The molecule has 0 bridgehead atoms. The van der Waals surface area contributed by atoms with Gasteiger partial charge in [-0.2, -0.15) is 0 Å². The molecule has 0 spiro atoms. The standard InChI is InChI=1S/C14H13N5/c1-2-4-13-12(3-1)18-9-19(13)14-10-7-15-6-5-11(10)16-8-17-14/h1-4,8-9,15H,5-7H2. The van der Waals surface area contributed by atoms with Gasteiger partial charge in [-0.25, -0.2) is 15.0 Å². The summed E-state index contributed by atoms with van der Waals surface area (Å²) in [6.07, 6.45) is 4.44. The van der Waals surface area contributed by atoms with E-state index in [0.29, 0.717) is 0 Å². The number of aromatic nitrogens is 4. The van der Waals surface area contributed by atoms with Crippen LogP contribution >= 0.6 is 0 Å². The highest BCUT2D eigenvalue weighted by Crippen LogP contribution is 2.22. The third-order valence-electron chi connectivity index (χ3n) is 3.53. The molecule has 1 aliphatic rings. The Kier molecular flexibility index (Phi) is 2.31. The molecule has 0 fully saturated rings. The Hall–Kier alpha value is -2.27. The van der Waals surface area contributed by atoms with Gasteiger partial charge in [-0.1, -0.05) is 12.1 Å². The van der Waals surface area contributed by atoms with E-state index in [2.05, 4.69) is 26.3 Å². The van der Waals surface area contributed by atoms with Crippen molar-refractivity contribution in [2.45, 2.75) is 13.0 Å². The van der Waals surface area contributed by atoms with Crippen LogP contribution in [0.2, 0.25) is 0 Å². The van der Waals surface area contributed by atoms with E-state index in [4.69, 9.17) is 0 Å². The fourth-order valence-electron chi connectivity index (χ4n) is 2.59. The van der Waals surface area contributed by atoms with E-state index in [1.54, 1.807) is 6.33 Å². The number of benzene rings is 1. The Bertz CT molecular complexity index is 746. The van der Waals surface area contributed by atoms with E-state index in [9.17, 15) is 0 Å². The second-order valence-corrected chi connectivity index (χ2v) is 4.65. The van der Waals surface area contributed by atoms with Gasteiger partial charge >= 0.3 is 0 Å². The summed E-state index contributed by atoms with van der Waals surface area (Å²) in [7, 11) is 0. The molecule has 5 nitrogen and oxygen atoms in total. The lowest BCUT2D eigenvalue weighted by molar-refractivity contribution is 0.621. The molecule has 5 heteroatoms. The van der Waals surface area contributed by atoms with Crippen molar-refractivity contribution < 1.29 is 0 Å². The molecule has 4 rings (SSSR count). The molecule has 0 atom stereocenters. The van der Waals surface area contributed by atoms with Crippen LogP contribution in [0.5, 0.6) is 0 Å². The van der Waals surface area contributed by atoms with Crippen LogP contribution in [-0.2, 0) is 13.0 Å². The summed E-state index contributed by atoms with van der Waals surface area (Å²) in [5, 5.41) is 3.38. The summed E-state index contributed by atoms with van der Waals surface area (Å²) in [6.45, 7) is 1.80. The minimum Gasteiger partial charge on any atom is -0.312 e. The average molecular weight is 251 g/mol. The number of rotatable bonds is 1. The molecule has 2 aromatic heterocycles. The zero-order valence-corrected chi connectivity index (χ0v) is 10.4. The first kappa shape index (κ1) is 10.6. The molecular formula is C14H13N5. The Balaban J connectivity index is 1.97. The molecule has 0 saturated heterocycles. The van der Waals surface area contributed by atoms with Gasteiger partial charge in [0, 0.05) is 25.1 Å². The largest absolute Gasteiger partial charge is 0.312 e. The predicted octanol–water partition coefficient (Wildman–Crippen LogP) is 1.46. The van der Waals surface area contributed by atoms with Crippen molar-refractivity contribution in [1.29, 1.82) is 0 Å². The van der Waals surface area contributed by atoms with Crippen LogP contribution in [0.3, 0.4) is 0 Å². The maximum Gasteiger partial charge on any atom is 0.146 e. The number of imidazole rings is 1. The molecule has 19 heavy (non-hydrogen) atoms. The third kappa shape index (κ3) is 1.62. The third-order valence-corrected chi connectivity index (χ3v) is 3.53. The Morgan fingerprint density at radius 2 is 2.05 bits per heavy atom. The number of hydrogen-bond donors (Lipinski definition) is 1. The van der Waals surface area contributed by atoms with Crippen molar-refractivity contribution in [3.63, 3.8) is 0 Å². The van der Waals surface area contributed by atoms with E-state index < -0.39 is 0 Å². The smallest absolute Gasteiger partial charge is 0.146 e. The number of nitrogens with one attached hydrogen (secondary N) is 1. The Morgan fingerprint density at radius 1 is 1.11 bits per heavy atom. The molecular weight excluding hydrogens is 238 g/mol. The molecule has 1 aliphatic heterocycles. The van der Waals surface area contributed by atoms with Crippen LogP contribution in [0.4, 0.5) is 0 Å². The zero-order chi connectivity index (χ0) is 12.7. The monoisotopic (exact) mass is 251 g/mol. The first-order valence-electron chi connectivity index (χ1n) is 6.39. The van der Waals surface area contributed by atoms with Crippen molar-refractivity contribution in [3.8, 4) is 5.82 Å². The van der Waals surface area contributed by atoms with Crippen LogP contribution in [-0.4, -0.2) is 26.1 Å². The molecule has 0 saturated carbocycles. The van der Waals surface area contributed by atoms with Gasteiger partial charge in [-0.15, -0.1) is 0 Å². The highest BCUT2D eigenvalue weighted by Gasteiger charge is 2.17. The minimum atomic E-state index is 0.817. The van der Waals surface area contributed by atoms with Gasteiger partial charge in [0.25, 0.3) is 0 Å². The van der Waals surface area contributed by atoms with Crippen LogP contribution in [0.1, 0.15) is 11.3 Å². The molecule has 3 heterocycles. The maximum absolute atomic E-state index is 4.46. The highest BCUT2D eigenvalue weighted by atomic mass is 15.1. The van der Waals surface area contributed by atoms with Gasteiger partial charge in [0.2, 0.25) is 0 Å². The van der Waals surface area contributed by atoms with Crippen molar-refractivity contribution in [2.75, 3.05) is 6.54 Å². The van der Waals surface area contributed by atoms with Gasteiger partial charge < -0.3 is 5.32 Å². The van der Waals surface area contributed by atoms with E-state index in [0.717, 1.165) is 42.1 Å². The van der Waals surface area contributed by atoms with Crippen molar-refractivity contribution >= 4 is 11.0 Å². The summed E-state index contributed by atoms with van der Waals surface area (Å²) in [5.41, 5.74) is 4.38. The number of para-hydroxylation sites is 2. The van der Waals surface area contributed by atoms with Crippen LogP contribution in [0.25, 0.3) is 16.9 Å². The van der Waals surface area contributed by atoms with Gasteiger partial charge in [-0.3, -0.25) is 4.57 Å². The fourth-order valence-corrected chi connectivity index (χ4v) is 2.59. The summed E-state index contributed by atoms with van der Waals surface area (Å²) < 4.78 is 2.04. The Morgan fingerprint density at radius 3 is 3.05 bits per heavy atom. The molecule has 0 radical (unpaired) electrons. The SMILES string of the molecule is c1ccc2c(c1)ncn2-c1ncnc2c1CNCC2. The van der Waals surface area contributed by atoms with Crippen LogP contribution in [0.15, 0.2) is 36.9 Å². The molecule has 0 aliphatic carbocycles. The molecule has 0 unspecified atom stereocenters. The zero-order valence-electron chi connectivity index (χ0n) is 10.4. The van der Waals surface area contributed by atoms with Crippen molar-refractivity contribution in [3.05, 3.63) is 48.2 Å². The van der Waals surface area contributed by atoms with Crippen molar-refractivity contribution in [1.82, 2.24) is 24.8 Å². The number of fused-ring (bicyclic) bond motifs is 2. The molecule has 1 aromatic carbocycles. The first-order valence-corrected chi connectivity index (χ1v) is 6.39. The topological polar surface area (TPSA) is 55.6 Å². The van der Waals surface area contributed by atoms with Gasteiger partial charge in [0.15, 0.2) is 0 Å². The normalized spacial score (nSPS) is 14.5. The van der Waals surface area contributed by atoms with Crippen LogP contribution in [0, 0.1) is 0 Å². The second-order valence-electron chi connectivity index (χ2n) is 4.65. The maximum atomic E-state index is 4.46. The van der Waals surface area contributed by atoms with Crippen molar-refractivity contribution in [2.24, 2.45) is 0 Å². The molecule has 0 amide bonds. The number of nitrogens with zero attached hydrogens (tertiary/aromatic N) is 4. The van der Waals surface area contributed by atoms with Gasteiger partial charge in [0.1, 0.15) is 18.5 Å². The fraction of sp³-hybridized carbons (Fsp3) is 0.214. The predicted molar refractivity (Wildman–Crippen MR) is 72.1 cm³/mol. The van der Waals surface area contributed by atoms with E-state index >= 15 is 0 Å². The minimum absolute atomic E-state index is 0.817. The Labute approximate surface area is 110 Å². The lowest BCUT2D eigenvalue weighted by Crippen LogP contribution is -2.26. The first-order chi connectivity index (χ1) is 9.43. The van der Waals surface area contributed by atoms with Gasteiger partial charge in [-0.05, 0) is 12.1 Å². The quantitative estimate of drug-likeness (QED) is 0.711. The average Bonchev–Trinajstić information content (AvgIpc) is 2.90. The molecule has 1 N–H and O–H groups in total. The molecule has 3 aromatic rings. The van der Waals surface area contributed by atoms with Gasteiger partial charge in [0.05, 0.1) is 16.7 Å². The highest BCUT2D eigenvalue weighted by molar-refractivity contribution is 5.77. The lowest BCUT2D eigenvalue weighted by atomic mass is 10.1. The summed E-state index contributed by atoms with van der Waals surface area (Å²) >= 11 is 0. The second kappa shape index (κ2) is 4.13. The van der Waals surface area contributed by atoms with E-state index in [-0.39, 0.29) is 0 Å². The summed E-state index contributed by atoms with van der Waals surface area (Å²) in [5.74, 6) is 0.936. The molecule has 94 valence electrons. The lowest BCUT2D eigenvalue weighted by Gasteiger charge is -2.18. The van der Waals surface area contributed by atoms with E-state index in [1.165, 1.54) is 5.56 Å². The van der Waals surface area contributed by atoms with Crippen LogP contribution < -0.4 is 5.32 Å². The number of hydrogen-bond acceptors (Lipinski definition) is 4.